The zero-order valence-electron chi connectivity index (χ0n) is 14.3. The number of carbonyl (C=O) groups is 2. The van der Waals surface area contributed by atoms with E-state index in [-0.39, 0.29) is 11.7 Å². The van der Waals surface area contributed by atoms with E-state index >= 15 is 0 Å². The summed E-state index contributed by atoms with van der Waals surface area (Å²) in [6.07, 6.45) is 1.35. The fourth-order valence-corrected chi connectivity index (χ4v) is 2.81. The second-order valence-corrected chi connectivity index (χ2v) is 6.32. The number of hydrogen-bond donors (Lipinski definition) is 1. The third-order valence-electron chi connectivity index (χ3n) is 4.34. The molecule has 1 N–H and O–H groups in total. The van der Waals surface area contributed by atoms with E-state index in [0.717, 1.165) is 0 Å². The van der Waals surface area contributed by atoms with Gasteiger partial charge in [-0.2, -0.15) is 5.10 Å². The second kappa shape index (κ2) is 6.70. The zero-order valence-corrected chi connectivity index (χ0v) is 14.3. The van der Waals surface area contributed by atoms with Crippen LogP contribution in [-0.4, -0.2) is 43.7 Å². The summed E-state index contributed by atoms with van der Waals surface area (Å²) in [7, 11) is 0. The lowest BCUT2D eigenvalue weighted by molar-refractivity contribution is -0.141. The molecular formula is C18H18FN3O4. The summed E-state index contributed by atoms with van der Waals surface area (Å²) in [4.78, 5) is 37.7. The molecule has 1 amide bonds. The third-order valence-corrected chi connectivity index (χ3v) is 4.34. The fourth-order valence-electron chi connectivity index (χ4n) is 2.81. The topological polar surface area (TPSA) is 92.5 Å². The van der Waals surface area contributed by atoms with Gasteiger partial charge in [-0.15, -0.1) is 0 Å². The minimum Gasteiger partial charge on any atom is -0.480 e. The number of nitrogens with zero attached hydrogens (tertiary/aromatic N) is 3. The smallest absolute Gasteiger partial charge is 0.326 e. The molecule has 0 bridgehead atoms. The van der Waals surface area contributed by atoms with Crippen molar-refractivity contribution in [2.45, 2.75) is 38.8 Å². The van der Waals surface area contributed by atoms with Crippen LogP contribution in [0.5, 0.6) is 0 Å². The number of para-hydroxylation sites is 1. The van der Waals surface area contributed by atoms with Crippen LogP contribution in [-0.2, 0) is 4.79 Å². The van der Waals surface area contributed by atoms with Crippen molar-refractivity contribution in [2.75, 3.05) is 0 Å². The molecule has 0 aliphatic heterocycles. The van der Waals surface area contributed by atoms with Gasteiger partial charge < -0.3 is 10.0 Å². The maximum Gasteiger partial charge on any atom is 0.326 e. The molecule has 1 saturated carbocycles. The lowest BCUT2D eigenvalue weighted by Crippen LogP contribution is -2.46. The molecule has 1 heterocycles. The SMILES string of the molecule is Cc1cc(=O)c(C(=O)N(C2CC2)C(C)C(=O)O)nn1-c1ccccc1F. The lowest BCUT2D eigenvalue weighted by atomic mass is 10.2. The van der Waals surface area contributed by atoms with E-state index in [1.54, 1.807) is 13.0 Å². The molecule has 0 saturated heterocycles. The molecule has 26 heavy (non-hydrogen) atoms. The van der Waals surface area contributed by atoms with Crippen molar-refractivity contribution in [2.24, 2.45) is 0 Å². The van der Waals surface area contributed by atoms with Crippen LogP contribution in [0.2, 0.25) is 0 Å². The first-order chi connectivity index (χ1) is 12.3. The van der Waals surface area contributed by atoms with Crippen molar-refractivity contribution in [1.29, 1.82) is 0 Å². The molecule has 136 valence electrons. The van der Waals surface area contributed by atoms with E-state index in [2.05, 4.69) is 5.10 Å². The Bertz CT molecular complexity index is 936. The van der Waals surface area contributed by atoms with Gasteiger partial charge in [0.2, 0.25) is 5.43 Å². The van der Waals surface area contributed by atoms with Crippen LogP contribution in [0.1, 0.15) is 35.9 Å². The number of halogens is 1. The Morgan fingerprint density at radius 2 is 2.00 bits per heavy atom. The largest absolute Gasteiger partial charge is 0.480 e. The molecule has 2 aromatic rings. The molecule has 3 rings (SSSR count). The minimum atomic E-state index is -1.16. The molecule has 8 heteroatoms. The van der Waals surface area contributed by atoms with Gasteiger partial charge >= 0.3 is 5.97 Å². The highest BCUT2D eigenvalue weighted by molar-refractivity contribution is 5.95. The number of benzene rings is 1. The molecule has 1 aromatic carbocycles. The van der Waals surface area contributed by atoms with Crippen molar-refractivity contribution in [3.05, 3.63) is 57.8 Å². The molecule has 7 nitrogen and oxygen atoms in total. The fraction of sp³-hybridized carbons (Fsp3) is 0.333. The zero-order chi connectivity index (χ0) is 19.0. The summed E-state index contributed by atoms with van der Waals surface area (Å²) in [6.45, 7) is 2.97. The van der Waals surface area contributed by atoms with Crippen molar-refractivity contribution < 1.29 is 19.1 Å². The first-order valence-corrected chi connectivity index (χ1v) is 8.22. The Kier molecular flexibility index (Phi) is 4.58. The van der Waals surface area contributed by atoms with Crippen molar-refractivity contribution in [3.63, 3.8) is 0 Å². The van der Waals surface area contributed by atoms with Gasteiger partial charge in [-0.05, 0) is 38.8 Å². The number of aryl methyl sites for hydroxylation is 1. The average molecular weight is 359 g/mol. The molecule has 1 aliphatic carbocycles. The maximum atomic E-state index is 14.1. The Balaban J connectivity index is 2.09. The highest BCUT2D eigenvalue weighted by Crippen LogP contribution is 2.29. The maximum absolute atomic E-state index is 14.1. The number of rotatable bonds is 5. The monoisotopic (exact) mass is 359 g/mol. The Morgan fingerprint density at radius 1 is 1.35 bits per heavy atom. The molecular weight excluding hydrogens is 341 g/mol. The summed E-state index contributed by atoms with van der Waals surface area (Å²) in [5.74, 6) is -2.47. The number of amides is 1. The number of hydrogen-bond acceptors (Lipinski definition) is 4. The van der Waals surface area contributed by atoms with Gasteiger partial charge in [-0.25, -0.2) is 13.9 Å². The van der Waals surface area contributed by atoms with Crippen LogP contribution in [0.3, 0.4) is 0 Å². The molecule has 1 aromatic heterocycles. The minimum absolute atomic E-state index is 0.100. The molecule has 1 fully saturated rings. The van der Waals surface area contributed by atoms with Gasteiger partial charge in [-0.3, -0.25) is 9.59 Å². The van der Waals surface area contributed by atoms with Crippen LogP contribution in [0, 0.1) is 12.7 Å². The number of aromatic nitrogens is 2. The van der Waals surface area contributed by atoms with E-state index in [0.29, 0.717) is 18.5 Å². The lowest BCUT2D eigenvalue weighted by Gasteiger charge is -2.26. The third kappa shape index (κ3) is 3.22. The van der Waals surface area contributed by atoms with Crippen LogP contribution in [0.15, 0.2) is 35.1 Å². The molecule has 0 radical (unpaired) electrons. The van der Waals surface area contributed by atoms with Gasteiger partial charge in [0, 0.05) is 17.8 Å². The summed E-state index contributed by atoms with van der Waals surface area (Å²) in [5, 5.41) is 13.3. The summed E-state index contributed by atoms with van der Waals surface area (Å²) in [5.41, 5.74) is -0.577. The Morgan fingerprint density at radius 3 is 2.58 bits per heavy atom. The predicted molar refractivity (Wildman–Crippen MR) is 90.8 cm³/mol. The number of carbonyl (C=O) groups excluding carboxylic acids is 1. The van der Waals surface area contributed by atoms with E-state index in [9.17, 15) is 23.9 Å². The number of carboxylic acids is 1. The van der Waals surface area contributed by atoms with Crippen LogP contribution in [0.4, 0.5) is 4.39 Å². The molecule has 1 atom stereocenters. The second-order valence-electron chi connectivity index (χ2n) is 6.32. The van der Waals surface area contributed by atoms with Crippen LogP contribution < -0.4 is 5.43 Å². The summed E-state index contributed by atoms with van der Waals surface area (Å²) < 4.78 is 15.3. The van der Waals surface area contributed by atoms with Crippen molar-refractivity contribution in [3.8, 4) is 5.69 Å². The van der Waals surface area contributed by atoms with E-state index in [1.807, 2.05) is 0 Å². The highest BCUT2D eigenvalue weighted by atomic mass is 19.1. The van der Waals surface area contributed by atoms with Gasteiger partial charge in [0.05, 0.1) is 0 Å². The Hall–Kier alpha value is -3.03. The summed E-state index contributed by atoms with van der Waals surface area (Å²) in [6, 6.07) is 5.75. The van der Waals surface area contributed by atoms with E-state index < -0.39 is 34.9 Å². The summed E-state index contributed by atoms with van der Waals surface area (Å²) >= 11 is 0. The van der Waals surface area contributed by atoms with Gasteiger partial charge in [0.25, 0.3) is 5.91 Å². The standard InChI is InChI=1S/C18H18FN3O4/c1-10-9-15(23)16(20-22(10)14-6-4-3-5-13(14)19)17(24)21(12-7-8-12)11(2)18(25)26/h3-6,9,11-12H,7-8H2,1-2H3,(H,25,26). The molecule has 0 spiro atoms. The van der Waals surface area contributed by atoms with Crippen molar-refractivity contribution in [1.82, 2.24) is 14.7 Å². The first-order valence-electron chi connectivity index (χ1n) is 8.22. The van der Waals surface area contributed by atoms with E-state index in [4.69, 9.17) is 0 Å². The Labute approximate surface area is 148 Å². The molecule has 1 unspecified atom stereocenters. The molecule has 1 aliphatic rings. The number of aliphatic carboxylic acids is 1. The predicted octanol–water partition coefficient (Wildman–Crippen LogP) is 1.76. The highest BCUT2D eigenvalue weighted by Gasteiger charge is 2.40. The van der Waals surface area contributed by atoms with Crippen LogP contribution >= 0.6 is 0 Å². The van der Waals surface area contributed by atoms with Gasteiger partial charge in [-0.1, -0.05) is 12.1 Å². The van der Waals surface area contributed by atoms with E-state index in [1.165, 1.54) is 40.8 Å². The number of carboxylic acid groups (broad SMARTS) is 1. The van der Waals surface area contributed by atoms with Gasteiger partial charge in [0.15, 0.2) is 5.69 Å². The normalized spacial score (nSPS) is 14.7. The quantitative estimate of drug-likeness (QED) is 0.878. The van der Waals surface area contributed by atoms with Gasteiger partial charge in [0.1, 0.15) is 17.5 Å². The van der Waals surface area contributed by atoms with Crippen molar-refractivity contribution >= 4 is 11.9 Å². The average Bonchev–Trinajstić information content (AvgIpc) is 3.40. The van der Waals surface area contributed by atoms with Crippen LogP contribution in [0.25, 0.3) is 5.69 Å². The first kappa shape index (κ1) is 17.8.